The first-order chi connectivity index (χ1) is 8.25. The molecule has 1 aromatic carbocycles. The van der Waals surface area contributed by atoms with E-state index in [9.17, 15) is 10.1 Å². The molecule has 5 heteroatoms. The molecule has 2 aromatic rings. The van der Waals surface area contributed by atoms with Gasteiger partial charge in [-0.2, -0.15) is 5.10 Å². The van der Waals surface area contributed by atoms with E-state index >= 15 is 0 Å². The topological polar surface area (TPSA) is 61.0 Å². The predicted octanol–water partition coefficient (Wildman–Crippen LogP) is 2.50. The molecule has 0 bridgehead atoms. The van der Waals surface area contributed by atoms with Crippen LogP contribution in [0.15, 0.2) is 48.8 Å². The Bertz CT molecular complexity index is 532. The number of aromatic nitrogens is 2. The molecule has 2 rings (SSSR count). The Balaban J connectivity index is 1.98. The molecule has 86 valence electrons. The van der Waals surface area contributed by atoms with Crippen LogP contribution in [-0.4, -0.2) is 14.7 Å². The maximum Gasteiger partial charge on any atom is 0.307 e. The molecule has 0 spiro atoms. The van der Waals surface area contributed by atoms with Crippen LogP contribution in [0.4, 0.5) is 5.69 Å². The van der Waals surface area contributed by atoms with Crippen molar-refractivity contribution in [2.45, 2.75) is 6.54 Å². The summed E-state index contributed by atoms with van der Waals surface area (Å²) in [6, 6.07) is 9.84. The first kappa shape index (κ1) is 11.1. The molecule has 0 saturated carbocycles. The van der Waals surface area contributed by atoms with Crippen molar-refractivity contribution in [3.05, 3.63) is 64.5 Å². The average molecular weight is 229 g/mol. The second kappa shape index (κ2) is 5.07. The van der Waals surface area contributed by atoms with Crippen molar-refractivity contribution in [1.82, 2.24) is 9.78 Å². The summed E-state index contributed by atoms with van der Waals surface area (Å²) < 4.78 is 1.53. The average Bonchev–Trinajstić information content (AvgIpc) is 2.79. The summed E-state index contributed by atoms with van der Waals surface area (Å²) in [6.07, 6.45) is 6.52. The van der Waals surface area contributed by atoms with Gasteiger partial charge in [-0.3, -0.25) is 14.8 Å². The lowest BCUT2D eigenvalue weighted by Gasteiger charge is -1.94. The summed E-state index contributed by atoms with van der Waals surface area (Å²) in [6.45, 7) is 0.517. The van der Waals surface area contributed by atoms with Gasteiger partial charge < -0.3 is 0 Å². The van der Waals surface area contributed by atoms with Crippen LogP contribution in [0.25, 0.3) is 6.08 Å². The third-order valence-corrected chi connectivity index (χ3v) is 2.23. The highest BCUT2D eigenvalue weighted by Crippen LogP contribution is 2.08. The number of hydrogen-bond acceptors (Lipinski definition) is 3. The van der Waals surface area contributed by atoms with Gasteiger partial charge in [0.1, 0.15) is 12.4 Å². The van der Waals surface area contributed by atoms with E-state index in [4.69, 9.17) is 0 Å². The van der Waals surface area contributed by atoms with Crippen molar-refractivity contribution in [2.75, 3.05) is 0 Å². The summed E-state index contributed by atoms with van der Waals surface area (Å²) in [7, 11) is 0. The van der Waals surface area contributed by atoms with Crippen LogP contribution in [-0.2, 0) is 6.54 Å². The third-order valence-electron chi connectivity index (χ3n) is 2.23. The van der Waals surface area contributed by atoms with E-state index in [0.29, 0.717) is 6.54 Å². The summed E-state index contributed by atoms with van der Waals surface area (Å²) in [5.74, 6) is 0. The molecule has 0 aliphatic carbocycles. The second-order valence-electron chi connectivity index (χ2n) is 3.49. The maximum atomic E-state index is 10.4. The minimum absolute atomic E-state index is 0.0121. The quantitative estimate of drug-likeness (QED) is 0.597. The van der Waals surface area contributed by atoms with Crippen LogP contribution < -0.4 is 0 Å². The Labute approximate surface area is 98.2 Å². The van der Waals surface area contributed by atoms with E-state index in [2.05, 4.69) is 5.10 Å². The van der Waals surface area contributed by atoms with Crippen molar-refractivity contribution >= 4 is 11.8 Å². The lowest BCUT2D eigenvalue weighted by molar-refractivity contribution is -0.385. The van der Waals surface area contributed by atoms with Crippen molar-refractivity contribution in [3.63, 3.8) is 0 Å². The van der Waals surface area contributed by atoms with Crippen LogP contribution >= 0.6 is 0 Å². The third kappa shape index (κ3) is 3.01. The highest BCUT2D eigenvalue weighted by molar-refractivity contribution is 5.48. The van der Waals surface area contributed by atoms with Gasteiger partial charge in [-0.05, 0) is 5.56 Å². The molecule has 0 amide bonds. The number of allylic oxidation sites excluding steroid dienone is 1. The molecular formula is C12H11N3O2. The van der Waals surface area contributed by atoms with Gasteiger partial charge in [0, 0.05) is 0 Å². The normalized spacial score (nSPS) is 10.8. The van der Waals surface area contributed by atoms with Crippen molar-refractivity contribution < 1.29 is 4.92 Å². The van der Waals surface area contributed by atoms with Gasteiger partial charge in [0.05, 0.1) is 11.5 Å². The van der Waals surface area contributed by atoms with E-state index in [-0.39, 0.29) is 5.69 Å². The Morgan fingerprint density at radius 2 is 2.12 bits per heavy atom. The van der Waals surface area contributed by atoms with Gasteiger partial charge in [0.2, 0.25) is 0 Å². The summed E-state index contributed by atoms with van der Waals surface area (Å²) in [4.78, 5) is 9.99. The van der Waals surface area contributed by atoms with Crippen LogP contribution in [0.1, 0.15) is 5.56 Å². The monoisotopic (exact) mass is 229 g/mol. The molecule has 0 radical (unpaired) electrons. The SMILES string of the molecule is O=[N+]([O-])c1cnn(CC=Cc2ccccc2)c1. The van der Waals surface area contributed by atoms with E-state index in [1.54, 1.807) is 0 Å². The molecule has 0 unspecified atom stereocenters. The van der Waals surface area contributed by atoms with E-state index in [0.717, 1.165) is 5.56 Å². The van der Waals surface area contributed by atoms with Crippen LogP contribution in [0.2, 0.25) is 0 Å². The van der Waals surface area contributed by atoms with E-state index in [1.165, 1.54) is 17.1 Å². The van der Waals surface area contributed by atoms with Crippen LogP contribution in [0.5, 0.6) is 0 Å². The molecule has 1 aromatic heterocycles. The molecule has 1 heterocycles. The zero-order valence-corrected chi connectivity index (χ0v) is 9.06. The summed E-state index contributed by atoms with van der Waals surface area (Å²) in [5, 5.41) is 14.3. The van der Waals surface area contributed by atoms with Gasteiger partial charge in [0.15, 0.2) is 0 Å². The van der Waals surface area contributed by atoms with E-state index < -0.39 is 4.92 Å². The van der Waals surface area contributed by atoms with Crippen molar-refractivity contribution in [2.24, 2.45) is 0 Å². The van der Waals surface area contributed by atoms with Crippen LogP contribution in [0, 0.1) is 10.1 Å². The lowest BCUT2D eigenvalue weighted by Crippen LogP contribution is -1.94. The second-order valence-corrected chi connectivity index (χ2v) is 3.49. The molecular weight excluding hydrogens is 218 g/mol. The number of rotatable bonds is 4. The van der Waals surface area contributed by atoms with Gasteiger partial charge in [-0.25, -0.2) is 0 Å². The van der Waals surface area contributed by atoms with Crippen LogP contribution in [0.3, 0.4) is 0 Å². The highest BCUT2D eigenvalue weighted by atomic mass is 16.6. The first-order valence-corrected chi connectivity index (χ1v) is 5.14. The zero-order valence-electron chi connectivity index (χ0n) is 9.06. The molecule has 0 saturated heterocycles. The molecule has 0 atom stereocenters. The fraction of sp³-hybridized carbons (Fsp3) is 0.0833. The maximum absolute atomic E-state index is 10.4. The Kier molecular flexibility index (Phi) is 3.30. The molecule has 17 heavy (non-hydrogen) atoms. The highest BCUT2D eigenvalue weighted by Gasteiger charge is 2.06. The number of nitro groups is 1. The number of benzene rings is 1. The molecule has 0 aliphatic rings. The summed E-state index contributed by atoms with van der Waals surface area (Å²) >= 11 is 0. The fourth-order valence-corrected chi connectivity index (χ4v) is 1.41. The number of hydrogen-bond donors (Lipinski definition) is 0. The Morgan fingerprint density at radius 1 is 1.35 bits per heavy atom. The minimum Gasteiger partial charge on any atom is -0.262 e. The molecule has 5 nitrogen and oxygen atoms in total. The van der Waals surface area contributed by atoms with Gasteiger partial charge in [-0.15, -0.1) is 0 Å². The van der Waals surface area contributed by atoms with Gasteiger partial charge in [-0.1, -0.05) is 42.5 Å². The van der Waals surface area contributed by atoms with Gasteiger partial charge >= 0.3 is 5.69 Å². The van der Waals surface area contributed by atoms with Crippen molar-refractivity contribution in [3.8, 4) is 0 Å². The molecule has 0 fully saturated rings. The first-order valence-electron chi connectivity index (χ1n) is 5.14. The fourth-order valence-electron chi connectivity index (χ4n) is 1.41. The number of nitrogens with zero attached hydrogens (tertiary/aromatic N) is 3. The largest absolute Gasteiger partial charge is 0.307 e. The minimum atomic E-state index is -0.454. The summed E-state index contributed by atoms with van der Waals surface area (Å²) in [5.41, 5.74) is 1.10. The predicted molar refractivity (Wildman–Crippen MR) is 64.4 cm³/mol. The van der Waals surface area contributed by atoms with Crippen molar-refractivity contribution in [1.29, 1.82) is 0 Å². The Morgan fingerprint density at radius 3 is 2.76 bits per heavy atom. The smallest absolute Gasteiger partial charge is 0.262 e. The van der Waals surface area contributed by atoms with E-state index in [1.807, 2.05) is 42.5 Å². The zero-order chi connectivity index (χ0) is 12.1. The standard InChI is InChI=1S/C12H11N3O2/c16-15(17)12-9-13-14(10-12)8-4-7-11-5-2-1-3-6-11/h1-7,9-10H,8H2. The molecule has 0 aliphatic heterocycles. The lowest BCUT2D eigenvalue weighted by atomic mass is 10.2. The van der Waals surface area contributed by atoms with Gasteiger partial charge in [0.25, 0.3) is 0 Å². The Hall–Kier alpha value is -2.43. The molecule has 0 N–H and O–H groups in total.